The van der Waals surface area contributed by atoms with Gasteiger partial charge in [-0.3, -0.25) is 4.99 Å². The van der Waals surface area contributed by atoms with E-state index in [4.69, 9.17) is 0 Å². The number of aliphatic imine (C=N–C) groups is 1. The third-order valence-corrected chi connectivity index (χ3v) is 3.83. The van der Waals surface area contributed by atoms with Crippen molar-refractivity contribution >= 4 is 28.6 Å². The van der Waals surface area contributed by atoms with Gasteiger partial charge in [0, 0.05) is 11.8 Å². The maximum atomic E-state index is 13.0. The molecule has 1 N–H and O–H groups in total. The molecule has 1 aromatic rings. The normalized spacial score (nSPS) is 16.9. The van der Waals surface area contributed by atoms with E-state index in [2.05, 4.69) is 24.2 Å². The number of carbonyl (C=O) groups is 1. The first kappa shape index (κ1) is 13.9. The van der Waals surface area contributed by atoms with Crippen molar-refractivity contribution in [3.8, 4) is 0 Å². The minimum absolute atomic E-state index is 0.0262. The summed E-state index contributed by atoms with van der Waals surface area (Å²) >= 11 is 1.54. The number of carbonyl (C=O) groups excluding carboxylic acids is 1. The average Bonchev–Trinajstić information content (AvgIpc) is 2.72. The second-order valence-corrected chi connectivity index (χ2v) is 6.50. The van der Waals surface area contributed by atoms with Gasteiger partial charge in [0.05, 0.1) is 12.2 Å². The first-order valence-electron chi connectivity index (χ1n) is 5.94. The van der Waals surface area contributed by atoms with Gasteiger partial charge in [0.1, 0.15) is 5.82 Å². The summed E-state index contributed by atoms with van der Waals surface area (Å²) in [5.74, 6) is -0.332. The van der Waals surface area contributed by atoms with Crippen molar-refractivity contribution in [1.82, 2.24) is 5.32 Å². The molecule has 2 rings (SSSR count). The number of hydrogen-bond donors (Lipinski definition) is 1. The molecule has 0 aliphatic carbocycles. The molecule has 4 nitrogen and oxygen atoms in total. The highest BCUT2D eigenvalue weighted by molar-refractivity contribution is 8.15. The van der Waals surface area contributed by atoms with Crippen LogP contribution in [0.3, 0.4) is 0 Å². The number of amides is 2. The lowest BCUT2D eigenvalue weighted by molar-refractivity contribution is 0.251. The standard InChI is InChI=1S/C13H16FN3OS/c1-13(2)8-16-12(19-13)17(11(18)15-3)10-6-4-9(14)5-7-10/h4-7H,8H2,1-3H3,(H,15,18). The SMILES string of the molecule is CNC(=O)N(C1=NCC(C)(C)S1)c1ccc(F)cc1. The molecule has 0 radical (unpaired) electrons. The molecule has 0 saturated heterocycles. The Balaban J connectivity index is 2.32. The van der Waals surface area contributed by atoms with Crippen LogP contribution in [0.1, 0.15) is 13.8 Å². The molecular weight excluding hydrogens is 265 g/mol. The number of rotatable bonds is 1. The Bertz CT molecular complexity index is 513. The maximum absolute atomic E-state index is 13.0. The highest BCUT2D eigenvalue weighted by atomic mass is 32.2. The molecule has 1 aliphatic heterocycles. The second-order valence-electron chi connectivity index (χ2n) is 4.83. The molecule has 0 fully saturated rings. The molecule has 1 aromatic carbocycles. The Hall–Kier alpha value is -1.56. The van der Waals surface area contributed by atoms with E-state index in [1.54, 1.807) is 30.9 Å². The van der Waals surface area contributed by atoms with E-state index >= 15 is 0 Å². The number of anilines is 1. The summed E-state index contributed by atoms with van der Waals surface area (Å²) in [5, 5.41) is 3.22. The van der Waals surface area contributed by atoms with Crippen molar-refractivity contribution in [2.75, 3.05) is 18.5 Å². The number of nitrogens with one attached hydrogen (secondary N) is 1. The molecule has 0 spiro atoms. The minimum atomic E-state index is -0.332. The third-order valence-electron chi connectivity index (χ3n) is 2.66. The van der Waals surface area contributed by atoms with Gasteiger partial charge in [0.25, 0.3) is 0 Å². The van der Waals surface area contributed by atoms with Gasteiger partial charge in [0.15, 0.2) is 5.17 Å². The maximum Gasteiger partial charge on any atom is 0.327 e. The van der Waals surface area contributed by atoms with Gasteiger partial charge in [-0.05, 0) is 38.1 Å². The van der Waals surface area contributed by atoms with Crippen molar-refractivity contribution in [3.05, 3.63) is 30.1 Å². The monoisotopic (exact) mass is 281 g/mol. The summed E-state index contributed by atoms with van der Waals surface area (Å²) in [7, 11) is 1.56. The zero-order chi connectivity index (χ0) is 14.0. The van der Waals surface area contributed by atoms with Crippen LogP contribution < -0.4 is 10.2 Å². The zero-order valence-corrected chi connectivity index (χ0v) is 11.9. The van der Waals surface area contributed by atoms with E-state index in [9.17, 15) is 9.18 Å². The fourth-order valence-corrected chi connectivity index (χ4v) is 2.73. The first-order valence-corrected chi connectivity index (χ1v) is 6.75. The Labute approximate surface area is 116 Å². The van der Waals surface area contributed by atoms with Crippen LogP contribution in [0.15, 0.2) is 29.3 Å². The van der Waals surface area contributed by atoms with Crippen LogP contribution in [0.25, 0.3) is 0 Å². The smallest absolute Gasteiger partial charge is 0.327 e. The average molecular weight is 281 g/mol. The predicted molar refractivity (Wildman–Crippen MR) is 77.3 cm³/mol. The number of benzene rings is 1. The summed E-state index contributed by atoms with van der Waals surface area (Å²) in [6.45, 7) is 4.80. The molecule has 102 valence electrons. The van der Waals surface area contributed by atoms with Crippen LogP contribution in [-0.2, 0) is 0 Å². The topological polar surface area (TPSA) is 44.7 Å². The molecular formula is C13H16FN3OS. The summed E-state index contributed by atoms with van der Waals surface area (Å²) in [5.41, 5.74) is 0.602. The minimum Gasteiger partial charge on any atom is -0.340 e. The Morgan fingerprint density at radius 3 is 2.53 bits per heavy atom. The molecule has 0 aromatic heterocycles. The van der Waals surface area contributed by atoms with Crippen LogP contribution in [0.4, 0.5) is 14.9 Å². The zero-order valence-electron chi connectivity index (χ0n) is 11.1. The van der Waals surface area contributed by atoms with Gasteiger partial charge in [-0.25, -0.2) is 14.1 Å². The lowest BCUT2D eigenvalue weighted by atomic mass is 10.2. The molecule has 19 heavy (non-hydrogen) atoms. The fraction of sp³-hybridized carbons (Fsp3) is 0.385. The van der Waals surface area contributed by atoms with Crippen molar-refractivity contribution in [3.63, 3.8) is 0 Å². The number of thioether (sulfide) groups is 1. The number of hydrogen-bond acceptors (Lipinski definition) is 3. The number of halogens is 1. The van der Waals surface area contributed by atoms with E-state index in [1.807, 2.05) is 0 Å². The first-order chi connectivity index (χ1) is 8.93. The summed E-state index contributed by atoms with van der Waals surface area (Å²) in [4.78, 5) is 17.9. The lowest BCUT2D eigenvalue weighted by Gasteiger charge is -2.23. The van der Waals surface area contributed by atoms with Gasteiger partial charge in [0.2, 0.25) is 0 Å². The summed E-state index contributed by atoms with van der Waals surface area (Å²) in [6.07, 6.45) is 0. The van der Waals surface area contributed by atoms with Crippen LogP contribution in [-0.4, -0.2) is 29.5 Å². The van der Waals surface area contributed by atoms with E-state index in [0.717, 1.165) is 0 Å². The van der Waals surface area contributed by atoms with Gasteiger partial charge < -0.3 is 5.32 Å². The number of nitrogens with zero attached hydrogens (tertiary/aromatic N) is 2. The van der Waals surface area contributed by atoms with Gasteiger partial charge in [-0.15, -0.1) is 0 Å². The van der Waals surface area contributed by atoms with E-state index in [0.29, 0.717) is 17.4 Å². The third kappa shape index (κ3) is 3.07. The van der Waals surface area contributed by atoms with Crippen LogP contribution in [0.5, 0.6) is 0 Å². The largest absolute Gasteiger partial charge is 0.340 e. The van der Waals surface area contributed by atoms with Crippen LogP contribution >= 0.6 is 11.8 Å². The predicted octanol–water partition coefficient (Wildman–Crippen LogP) is 2.85. The summed E-state index contributed by atoms with van der Waals surface area (Å²) in [6, 6.07) is 5.51. The molecule has 1 heterocycles. The highest BCUT2D eigenvalue weighted by Gasteiger charge is 2.33. The van der Waals surface area contributed by atoms with Gasteiger partial charge in [-0.1, -0.05) is 11.8 Å². The molecule has 0 saturated carbocycles. The van der Waals surface area contributed by atoms with Crippen molar-refractivity contribution in [2.45, 2.75) is 18.6 Å². The second kappa shape index (κ2) is 5.21. The molecule has 6 heteroatoms. The Kier molecular flexibility index (Phi) is 3.80. The quantitative estimate of drug-likeness (QED) is 0.860. The van der Waals surface area contributed by atoms with Crippen LogP contribution in [0, 0.1) is 5.82 Å². The van der Waals surface area contributed by atoms with Crippen molar-refractivity contribution in [1.29, 1.82) is 0 Å². The molecule has 0 atom stereocenters. The van der Waals surface area contributed by atoms with E-state index < -0.39 is 0 Å². The lowest BCUT2D eigenvalue weighted by Crippen LogP contribution is -2.41. The Morgan fingerprint density at radius 2 is 2.05 bits per heavy atom. The fourth-order valence-electron chi connectivity index (χ4n) is 1.70. The van der Waals surface area contributed by atoms with Crippen LogP contribution in [0.2, 0.25) is 0 Å². The van der Waals surface area contributed by atoms with Gasteiger partial charge >= 0.3 is 6.03 Å². The highest BCUT2D eigenvalue weighted by Crippen LogP contribution is 2.35. The van der Waals surface area contributed by atoms with Gasteiger partial charge in [-0.2, -0.15) is 0 Å². The summed E-state index contributed by atoms with van der Waals surface area (Å²) < 4.78 is 13.0. The molecule has 2 amide bonds. The number of amidine groups is 1. The van der Waals surface area contributed by atoms with E-state index in [-0.39, 0.29) is 16.6 Å². The molecule has 0 unspecified atom stereocenters. The molecule has 1 aliphatic rings. The van der Waals surface area contributed by atoms with Crippen molar-refractivity contribution < 1.29 is 9.18 Å². The molecule has 0 bridgehead atoms. The Morgan fingerprint density at radius 1 is 1.42 bits per heavy atom. The van der Waals surface area contributed by atoms with E-state index in [1.165, 1.54) is 17.0 Å². The number of urea groups is 1. The van der Waals surface area contributed by atoms with Crippen molar-refractivity contribution in [2.24, 2.45) is 4.99 Å².